The topological polar surface area (TPSA) is 51.5 Å². The second-order valence-electron chi connectivity index (χ2n) is 6.47. The number of likely N-dealkylation sites (N-methyl/N-ethyl adjacent to an activating group) is 1. The van der Waals surface area contributed by atoms with E-state index in [-0.39, 0.29) is 24.1 Å². The van der Waals surface area contributed by atoms with Crippen LogP contribution in [0.1, 0.15) is 24.2 Å². The van der Waals surface area contributed by atoms with Gasteiger partial charge in [-0.1, -0.05) is 54.6 Å². The summed E-state index contributed by atoms with van der Waals surface area (Å²) in [5.74, 6) is 0.246. The highest BCUT2D eigenvalue weighted by Gasteiger charge is 2.13. The normalized spacial score (nSPS) is 11.3. The Labute approximate surface area is 160 Å². The van der Waals surface area contributed by atoms with Crippen LogP contribution in [0.15, 0.2) is 71.5 Å². The van der Waals surface area contributed by atoms with Crippen molar-refractivity contribution in [3.05, 3.63) is 88.3 Å². The van der Waals surface area contributed by atoms with Gasteiger partial charge < -0.3 is 14.2 Å². The van der Waals surface area contributed by atoms with E-state index in [0.717, 1.165) is 11.3 Å². The van der Waals surface area contributed by atoms with Crippen LogP contribution >= 0.6 is 0 Å². The summed E-state index contributed by atoms with van der Waals surface area (Å²) in [7, 11) is 3.33. The van der Waals surface area contributed by atoms with Crippen LogP contribution in [0.5, 0.6) is 5.75 Å². The maximum atomic E-state index is 12.7. The number of aromatic nitrogens is 1. The largest absolute Gasteiger partial charge is 0.484 e. The molecule has 5 nitrogen and oxygen atoms in total. The molecular formula is C22H26N2O3. The highest BCUT2D eigenvalue weighted by molar-refractivity contribution is 5.77. The summed E-state index contributed by atoms with van der Waals surface area (Å²) in [6.07, 6.45) is 0. The van der Waals surface area contributed by atoms with Crippen molar-refractivity contribution in [2.75, 3.05) is 20.7 Å². The first-order valence-corrected chi connectivity index (χ1v) is 8.84. The van der Waals surface area contributed by atoms with Crippen molar-refractivity contribution < 1.29 is 9.53 Å². The van der Waals surface area contributed by atoms with Crippen LogP contribution < -0.4 is 10.3 Å². The number of hydrogen-bond acceptors (Lipinski definition) is 3. The molecule has 0 saturated heterocycles. The number of carbonyl (C=O) groups excluding carboxylic acids is 1. The van der Waals surface area contributed by atoms with E-state index in [1.165, 1.54) is 11.0 Å². The summed E-state index contributed by atoms with van der Waals surface area (Å²) in [5, 5.41) is 0. The Balaban J connectivity index is 2.34. The predicted molar refractivity (Wildman–Crippen MR) is 108 cm³/mol. The van der Waals surface area contributed by atoms with Crippen LogP contribution in [0.3, 0.4) is 0 Å². The van der Waals surface area contributed by atoms with E-state index >= 15 is 0 Å². The quantitative estimate of drug-likeness (QED) is 0.815. The minimum absolute atomic E-state index is 0.0933. The Morgan fingerprint density at radius 2 is 1.59 bits per heavy atom. The average Bonchev–Trinajstić information content (AvgIpc) is 2.63. The maximum Gasteiger partial charge on any atom is 0.259 e. The van der Waals surface area contributed by atoms with Crippen molar-refractivity contribution in [1.82, 2.24) is 9.47 Å². The van der Waals surface area contributed by atoms with Gasteiger partial charge in [0, 0.05) is 25.9 Å². The monoisotopic (exact) mass is 366 g/mol. The first kappa shape index (κ1) is 20.2. The fourth-order valence-corrected chi connectivity index (χ4v) is 2.67. The van der Waals surface area contributed by atoms with Gasteiger partial charge in [-0.05, 0) is 25.5 Å². The summed E-state index contributed by atoms with van der Waals surface area (Å²) in [6.45, 7) is 3.76. The van der Waals surface area contributed by atoms with Crippen molar-refractivity contribution in [3.8, 4) is 5.75 Å². The molecule has 142 valence electrons. The minimum Gasteiger partial charge on any atom is -0.484 e. The Kier molecular flexibility index (Phi) is 7.17. The van der Waals surface area contributed by atoms with Gasteiger partial charge in [-0.2, -0.15) is 0 Å². The molecule has 0 spiro atoms. The lowest BCUT2D eigenvalue weighted by Crippen LogP contribution is -2.29. The van der Waals surface area contributed by atoms with Crippen LogP contribution in [0.4, 0.5) is 0 Å². The van der Waals surface area contributed by atoms with Crippen LogP contribution in [-0.4, -0.2) is 36.1 Å². The van der Waals surface area contributed by atoms with Gasteiger partial charge in [0.05, 0.1) is 6.04 Å². The van der Waals surface area contributed by atoms with E-state index in [2.05, 4.69) is 0 Å². The number of hydrogen-bond donors (Lipinski definition) is 0. The van der Waals surface area contributed by atoms with Crippen LogP contribution in [-0.2, 0) is 4.79 Å². The fourth-order valence-electron chi connectivity index (χ4n) is 2.67. The van der Waals surface area contributed by atoms with Gasteiger partial charge in [0.15, 0.2) is 6.61 Å². The Hall–Kier alpha value is -3.08. The molecule has 0 saturated carbocycles. The molecule has 0 radical (unpaired) electrons. The number of amides is 1. The minimum atomic E-state index is -0.166. The average molecular weight is 366 g/mol. The van der Waals surface area contributed by atoms with Crippen LogP contribution in [0.2, 0.25) is 0 Å². The molecule has 0 aliphatic heterocycles. The van der Waals surface area contributed by atoms with E-state index in [1.54, 1.807) is 24.7 Å². The third kappa shape index (κ3) is 5.71. The molecule has 1 atom stereocenters. The number of ether oxygens (including phenoxy) is 1. The Morgan fingerprint density at radius 1 is 1.04 bits per heavy atom. The molecule has 0 fully saturated rings. The molecule has 1 aromatic carbocycles. The lowest BCUT2D eigenvalue weighted by atomic mass is 10.1. The van der Waals surface area contributed by atoms with Crippen molar-refractivity contribution in [3.63, 3.8) is 0 Å². The third-order valence-corrected chi connectivity index (χ3v) is 4.21. The van der Waals surface area contributed by atoms with Crippen LogP contribution in [0, 0.1) is 6.92 Å². The molecule has 0 aliphatic rings. The third-order valence-electron chi connectivity index (χ3n) is 4.21. The SMILES string of the molecule is Cc1cc(OCC(=O)N(C)C)cc(=O)n1C(C)c1ccccccccc1. The first-order chi connectivity index (χ1) is 12.9. The second-order valence-corrected chi connectivity index (χ2v) is 6.47. The molecule has 27 heavy (non-hydrogen) atoms. The number of nitrogens with zero attached hydrogens (tertiary/aromatic N) is 2. The lowest BCUT2D eigenvalue weighted by Gasteiger charge is -2.19. The van der Waals surface area contributed by atoms with Crippen molar-refractivity contribution in [2.24, 2.45) is 0 Å². The molecule has 0 bridgehead atoms. The molecule has 2 aromatic rings. The van der Waals surface area contributed by atoms with E-state index in [9.17, 15) is 9.59 Å². The van der Waals surface area contributed by atoms with Crippen molar-refractivity contribution in [1.29, 1.82) is 0 Å². The summed E-state index contributed by atoms with van der Waals surface area (Å²) in [6, 6.07) is 20.7. The van der Waals surface area contributed by atoms with E-state index < -0.39 is 0 Å². The van der Waals surface area contributed by atoms with Gasteiger partial charge in [0.1, 0.15) is 5.75 Å². The number of carbonyl (C=O) groups is 1. The molecule has 1 unspecified atom stereocenters. The standard InChI is InChI=1S/C22H26N2O3/c1-17-14-20(27-16-22(26)23(3)4)15-21(25)24(17)18(2)19-12-10-8-6-5-7-9-11-13-19/h5-15,18H,16H2,1-4H3. The zero-order valence-electron chi connectivity index (χ0n) is 16.3. The molecule has 0 aliphatic carbocycles. The van der Waals surface area contributed by atoms with Gasteiger partial charge in [0.2, 0.25) is 0 Å². The second kappa shape index (κ2) is 9.57. The van der Waals surface area contributed by atoms with E-state index in [0.29, 0.717) is 5.75 Å². The number of rotatable bonds is 5. The highest BCUT2D eigenvalue weighted by Crippen LogP contribution is 2.19. The molecular weight excluding hydrogens is 340 g/mol. The van der Waals surface area contributed by atoms with Gasteiger partial charge in [-0.15, -0.1) is 0 Å². The smallest absolute Gasteiger partial charge is 0.259 e. The molecule has 0 N–H and O–H groups in total. The molecule has 1 amide bonds. The summed E-state index contributed by atoms with van der Waals surface area (Å²) in [5.41, 5.74) is 1.61. The maximum absolute atomic E-state index is 12.7. The first-order valence-electron chi connectivity index (χ1n) is 8.84. The zero-order valence-corrected chi connectivity index (χ0v) is 16.3. The molecule has 5 heteroatoms. The fraction of sp³-hybridized carbons (Fsp3) is 0.273. The summed E-state index contributed by atoms with van der Waals surface area (Å²) < 4.78 is 7.20. The highest BCUT2D eigenvalue weighted by atomic mass is 16.5. The van der Waals surface area contributed by atoms with E-state index in [4.69, 9.17) is 4.74 Å². The van der Waals surface area contributed by atoms with Gasteiger partial charge in [-0.3, -0.25) is 9.59 Å². The summed E-state index contributed by atoms with van der Waals surface area (Å²) in [4.78, 5) is 25.8. The van der Waals surface area contributed by atoms with E-state index in [1.807, 2.05) is 68.4 Å². The number of pyridine rings is 1. The Morgan fingerprint density at radius 3 is 2.11 bits per heavy atom. The van der Waals surface area contributed by atoms with Crippen LogP contribution in [0.25, 0.3) is 0 Å². The predicted octanol–water partition coefficient (Wildman–Crippen LogP) is 3.36. The Bertz CT molecular complexity index is 877. The molecule has 1 heterocycles. The van der Waals surface area contributed by atoms with Gasteiger partial charge in [0.25, 0.3) is 11.5 Å². The summed E-state index contributed by atoms with van der Waals surface area (Å²) >= 11 is 0. The van der Waals surface area contributed by atoms with Crippen molar-refractivity contribution in [2.45, 2.75) is 19.9 Å². The van der Waals surface area contributed by atoms with Gasteiger partial charge >= 0.3 is 0 Å². The lowest BCUT2D eigenvalue weighted by molar-refractivity contribution is -0.130. The molecule has 1 aromatic heterocycles. The molecule has 2 rings (SSSR count). The zero-order chi connectivity index (χ0) is 19.8. The number of aryl methyl sites for hydroxylation is 1. The van der Waals surface area contributed by atoms with Gasteiger partial charge in [-0.25, -0.2) is 0 Å². The van der Waals surface area contributed by atoms with Crippen molar-refractivity contribution >= 4 is 5.91 Å².